The molecule has 0 radical (unpaired) electrons. The summed E-state index contributed by atoms with van der Waals surface area (Å²) in [6.07, 6.45) is -9.65. The minimum Gasteiger partial charge on any atom is -0.393 e. The number of aliphatic hydroxyl groups is 1. The van der Waals surface area contributed by atoms with E-state index < -0.39 is 37.0 Å². The van der Waals surface area contributed by atoms with E-state index >= 15 is 0 Å². The van der Waals surface area contributed by atoms with E-state index in [0.717, 1.165) is 0 Å². The fraction of sp³-hybridized carbons (Fsp3) is 1.00. The van der Waals surface area contributed by atoms with Crippen LogP contribution in [0.4, 0.5) is 30.7 Å². The van der Waals surface area contributed by atoms with E-state index in [0.29, 0.717) is 0 Å². The van der Waals surface area contributed by atoms with Crippen LogP contribution < -0.4 is 0 Å². The molecule has 0 heterocycles. The molecule has 1 nitrogen and oxygen atoms in total. The van der Waals surface area contributed by atoms with Crippen LogP contribution in [0, 0.1) is 0 Å². The first-order chi connectivity index (χ1) is 6.53. The molecule has 0 aliphatic rings. The van der Waals surface area contributed by atoms with Gasteiger partial charge in [-0.05, 0) is 6.92 Å². The van der Waals surface area contributed by atoms with E-state index in [-0.39, 0.29) is 6.92 Å². The Morgan fingerprint density at radius 3 is 1.73 bits per heavy atom. The third-order valence-electron chi connectivity index (χ3n) is 1.89. The van der Waals surface area contributed by atoms with Gasteiger partial charge in [-0.1, -0.05) is 0 Å². The largest absolute Gasteiger partial charge is 0.427 e. The van der Waals surface area contributed by atoms with Gasteiger partial charge in [0, 0.05) is 0 Å². The number of rotatable bonds is 4. The van der Waals surface area contributed by atoms with Crippen LogP contribution in [0.25, 0.3) is 0 Å². The molecule has 8 heteroatoms. The van der Waals surface area contributed by atoms with Crippen LogP contribution in [0.1, 0.15) is 6.92 Å². The highest BCUT2D eigenvalue weighted by atomic mass is 19.4. The van der Waals surface area contributed by atoms with Gasteiger partial charge >= 0.3 is 6.18 Å². The van der Waals surface area contributed by atoms with E-state index in [1.165, 1.54) is 0 Å². The fourth-order valence-electron chi connectivity index (χ4n) is 0.858. The SMILES string of the molecule is CC(F)(CF)C(F)C(F)(CO)C(F)(F)F. The molecule has 1 N–H and O–H groups in total. The maximum Gasteiger partial charge on any atom is 0.427 e. The normalized spacial score (nSPS) is 23.0. The van der Waals surface area contributed by atoms with Gasteiger partial charge in [0.05, 0.1) is 6.61 Å². The predicted molar refractivity (Wildman–Crippen MR) is 37.4 cm³/mol. The molecule has 0 amide bonds. The standard InChI is InChI=1S/C7H9F7O/c1-5(10,2-8)4(9)6(11,3-15)7(12,13)14/h4,15H,2-3H2,1H3. The van der Waals surface area contributed by atoms with Gasteiger partial charge in [-0.2, -0.15) is 13.2 Å². The van der Waals surface area contributed by atoms with Gasteiger partial charge < -0.3 is 5.11 Å². The van der Waals surface area contributed by atoms with Crippen molar-refractivity contribution in [2.24, 2.45) is 0 Å². The maximum absolute atomic E-state index is 12.9. The van der Waals surface area contributed by atoms with Crippen molar-refractivity contribution in [1.29, 1.82) is 0 Å². The highest BCUT2D eigenvalue weighted by Crippen LogP contribution is 2.42. The minimum atomic E-state index is -5.82. The van der Waals surface area contributed by atoms with Crippen molar-refractivity contribution < 1.29 is 35.8 Å². The third-order valence-corrected chi connectivity index (χ3v) is 1.89. The summed E-state index contributed by atoms with van der Waals surface area (Å²) in [5.74, 6) is 0. The van der Waals surface area contributed by atoms with Crippen molar-refractivity contribution in [2.75, 3.05) is 13.3 Å². The van der Waals surface area contributed by atoms with Crippen molar-refractivity contribution in [1.82, 2.24) is 0 Å². The summed E-state index contributed by atoms with van der Waals surface area (Å²) in [4.78, 5) is 0. The second kappa shape index (κ2) is 4.15. The Labute approximate surface area is 80.9 Å². The highest BCUT2D eigenvalue weighted by Gasteiger charge is 2.66. The third kappa shape index (κ3) is 2.53. The zero-order valence-electron chi connectivity index (χ0n) is 7.58. The average molecular weight is 242 g/mol. The second-order valence-electron chi connectivity index (χ2n) is 3.29. The monoisotopic (exact) mass is 242 g/mol. The first kappa shape index (κ1) is 14.5. The van der Waals surface area contributed by atoms with E-state index in [1.54, 1.807) is 0 Å². The Kier molecular flexibility index (Phi) is 4.00. The van der Waals surface area contributed by atoms with Crippen LogP contribution in [0.5, 0.6) is 0 Å². The molecule has 0 aromatic rings. The summed E-state index contributed by atoms with van der Waals surface area (Å²) in [6, 6.07) is 0. The number of aliphatic hydroxyl groups excluding tert-OH is 1. The molecule has 0 aliphatic carbocycles. The lowest BCUT2D eigenvalue weighted by Crippen LogP contribution is -2.59. The van der Waals surface area contributed by atoms with Gasteiger partial charge in [-0.25, -0.2) is 17.6 Å². The van der Waals surface area contributed by atoms with Crippen molar-refractivity contribution in [3.63, 3.8) is 0 Å². The molecular weight excluding hydrogens is 233 g/mol. The molecule has 0 saturated heterocycles. The lowest BCUT2D eigenvalue weighted by Gasteiger charge is -2.34. The molecule has 0 fully saturated rings. The molecule has 0 aromatic heterocycles. The zero-order chi connectivity index (χ0) is 12.5. The van der Waals surface area contributed by atoms with Crippen LogP contribution in [0.15, 0.2) is 0 Å². The summed E-state index contributed by atoms with van der Waals surface area (Å²) in [5, 5.41) is 8.13. The smallest absolute Gasteiger partial charge is 0.393 e. The van der Waals surface area contributed by atoms with E-state index in [9.17, 15) is 30.7 Å². The molecule has 92 valence electrons. The van der Waals surface area contributed by atoms with Gasteiger partial charge in [0.25, 0.3) is 5.67 Å². The number of halogens is 7. The number of alkyl halides is 7. The van der Waals surface area contributed by atoms with E-state index in [2.05, 4.69) is 0 Å². The topological polar surface area (TPSA) is 20.2 Å². The first-order valence-electron chi connectivity index (χ1n) is 3.78. The van der Waals surface area contributed by atoms with E-state index in [1.807, 2.05) is 0 Å². The number of hydrogen-bond donors (Lipinski definition) is 1. The lowest BCUT2D eigenvalue weighted by atomic mass is 9.89. The molecule has 15 heavy (non-hydrogen) atoms. The Hall–Kier alpha value is -0.530. The van der Waals surface area contributed by atoms with Crippen molar-refractivity contribution in [2.45, 2.75) is 30.6 Å². The molecule has 0 spiro atoms. The average Bonchev–Trinajstić information content (AvgIpc) is 2.13. The molecular formula is C7H9F7O. The summed E-state index contributed by atoms with van der Waals surface area (Å²) >= 11 is 0. The second-order valence-corrected chi connectivity index (χ2v) is 3.29. The van der Waals surface area contributed by atoms with Gasteiger partial charge in [-0.15, -0.1) is 0 Å². The molecule has 0 saturated carbocycles. The molecule has 0 rings (SSSR count). The van der Waals surface area contributed by atoms with E-state index in [4.69, 9.17) is 5.11 Å². The van der Waals surface area contributed by atoms with Crippen LogP contribution in [-0.2, 0) is 0 Å². The Morgan fingerprint density at radius 2 is 1.53 bits per heavy atom. The van der Waals surface area contributed by atoms with Gasteiger partial charge in [0.1, 0.15) is 6.67 Å². The van der Waals surface area contributed by atoms with Crippen LogP contribution in [0.2, 0.25) is 0 Å². The first-order valence-corrected chi connectivity index (χ1v) is 3.78. The quantitative estimate of drug-likeness (QED) is 0.750. The maximum atomic E-state index is 12.9. The molecule has 0 bridgehead atoms. The minimum absolute atomic E-state index is 0.146. The van der Waals surface area contributed by atoms with Crippen LogP contribution in [0.3, 0.4) is 0 Å². The van der Waals surface area contributed by atoms with Crippen molar-refractivity contribution >= 4 is 0 Å². The van der Waals surface area contributed by atoms with Gasteiger partial charge in [-0.3, -0.25) is 0 Å². The summed E-state index contributed by atoms with van der Waals surface area (Å²) < 4.78 is 86.3. The number of hydrogen-bond acceptors (Lipinski definition) is 1. The Bertz CT molecular complexity index is 214. The highest BCUT2D eigenvalue weighted by molar-refractivity contribution is 5.02. The lowest BCUT2D eigenvalue weighted by molar-refractivity contribution is -0.274. The fourth-order valence-corrected chi connectivity index (χ4v) is 0.858. The summed E-state index contributed by atoms with van der Waals surface area (Å²) in [7, 11) is 0. The van der Waals surface area contributed by atoms with Crippen LogP contribution in [-0.4, -0.2) is 42.1 Å². The van der Waals surface area contributed by atoms with Crippen molar-refractivity contribution in [3.8, 4) is 0 Å². The summed E-state index contributed by atoms with van der Waals surface area (Å²) in [6.45, 7) is -4.29. The van der Waals surface area contributed by atoms with Gasteiger partial charge in [0.2, 0.25) is 0 Å². The van der Waals surface area contributed by atoms with Crippen LogP contribution >= 0.6 is 0 Å². The predicted octanol–water partition coefficient (Wildman–Crippen LogP) is 2.29. The van der Waals surface area contributed by atoms with Crippen molar-refractivity contribution in [3.05, 3.63) is 0 Å². The Morgan fingerprint density at radius 1 is 1.13 bits per heavy atom. The summed E-state index contributed by atoms with van der Waals surface area (Å²) in [5.41, 5.74) is -8.45. The zero-order valence-corrected chi connectivity index (χ0v) is 7.58. The molecule has 0 aliphatic heterocycles. The van der Waals surface area contributed by atoms with Gasteiger partial charge in [0.15, 0.2) is 11.8 Å². The Balaban J connectivity index is 5.15. The molecule has 0 aromatic carbocycles. The molecule has 3 unspecified atom stereocenters. The molecule has 3 atom stereocenters.